The summed E-state index contributed by atoms with van der Waals surface area (Å²) in [5.74, 6) is 1.09. The number of nitrogens with one attached hydrogen (secondary N) is 3. The van der Waals surface area contributed by atoms with E-state index < -0.39 is 28.5 Å². The van der Waals surface area contributed by atoms with E-state index in [0.29, 0.717) is 30.5 Å². The van der Waals surface area contributed by atoms with Gasteiger partial charge in [-0.1, -0.05) is 26.0 Å². The van der Waals surface area contributed by atoms with E-state index in [2.05, 4.69) is 20.0 Å². The van der Waals surface area contributed by atoms with Gasteiger partial charge in [-0.05, 0) is 30.2 Å². The lowest BCUT2D eigenvalue weighted by Crippen LogP contribution is -2.40. The van der Waals surface area contributed by atoms with E-state index in [9.17, 15) is 13.2 Å². The van der Waals surface area contributed by atoms with E-state index in [1.165, 1.54) is 12.1 Å². The molecule has 10 heteroatoms. The summed E-state index contributed by atoms with van der Waals surface area (Å²) in [6.07, 6.45) is 0.720. The first-order valence-corrected chi connectivity index (χ1v) is 11.9. The molecule has 0 saturated carbocycles. The Morgan fingerprint density at radius 2 is 1.88 bits per heavy atom. The van der Waals surface area contributed by atoms with Crippen LogP contribution in [0.4, 0.5) is 0 Å². The molecule has 1 amide bonds. The average molecular weight is 459 g/mol. The van der Waals surface area contributed by atoms with Crippen LogP contribution in [0.2, 0.25) is 0 Å². The fraction of sp³-hybridized carbons (Fsp3) is 0.364. The summed E-state index contributed by atoms with van der Waals surface area (Å²) < 4.78 is 38.9. The molecule has 1 aromatic heterocycles. The quantitative estimate of drug-likeness (QED) is 0.500. The zero-order valence-electron chi connectivity index (χ0n) is 17.9. The number of aromatic nitrogens is 2. The van der Waals surface area contributed by atoms with E-state index in [1.807, 2.05) is 38.1 Å². The predicted molar refractivity (Wildman–Crippen MR) is 119 cm³/mol. The number of hydrogen-bond donors (Lipinski definition) is 3. The smallest absolute Gasteiger partial charge is 0.241 e. The molecule has 0 radical (unpaired) electrons. The standard InChI is InChI=1S/C22H26N4O5S/c1-14(2)21(22-24-16-6-3-4-7-17(16)25-22)26-20(27)13-23-32(28,29)15-8-9-18-19(12-15)31-11-5-10-30-18/h3-4,6-9,12,14,21,23H,5,10-11,13H2,1-2H3,(H,24,25)(H,26,27). The summed E-state index contributed by atoms with van der Waals surface area (Å²) >= 11 is 0. The Bertz CT molecular complexity index is 1190. The van der Waals surface area contributed by atoms with Gasteiger partial charge >= 0.3 is 0 Å². The van der Waals surface area contributed by atoms with Gasteiger partial charge in [0.1, 0.15) is 5.82 Å². The number of H-pyrrole nitrogens is 1. The lowest BCUT2D eigenvalue weighted by atomic mass is 10.0. The molecule has 1 aliphatic rings. The number of rotatable bonds is 7. The maximum atomic E-state index is 12.7. The van der Waals surface area contributed by atoms with Crippen molar-refractivity contribution in [2.75, 3.05) is 19.8 Å². The highest BCUT2D eigenvalue weighted by Gasteiger charge is 2.24. The lowest BCUT2D eigenvalue weighted by molar-refractivity contribution is -0.121. The van der Waals surface area contributed by atoms with Crippen LogP contribution >= 0.6 is 0 Å². The van der Waals surface area contributed by atoms with Crippen molar-refractivity contribution in [1.82, 2.24) is 20.0 Å². The van der Waals surface area contributed by atoms with Gasteiger partial charge in [0.15, 0.2) is 11.5 Å². The Morgan fingerprint density at radius 1 is 1.12 bits per heavy atom. The molecule has 2 heterocycles. The molecule has 170 valence electrons. The summed E-state index contributed by atoms with van der Waals surface area (Å²) in [6, 6.07) is 11.6. The van der Waals surface area contributed by atoms with Gasteiger partial charge in [0, 0.05) is 12.5 Å². The number of aromatic amines is 1. The number of nitrogens with zero attached hydrogens (tertiary/aromatic N) is 1. The van der Waals surface area contributed by atoms with Crippen molar-refractivity contribution in [3.63, 3.8) is 0 Å². The van der Waals surface area contributed by atoms with Crippen LogP contribution in [0.15, 0.2) is 47.4 Å². The molecule has 0 spiro atoms. The Balaban J connectivity index is 1.43. The maximum absolute atomic E-state index is 12.7. The Morgan fingerprint density at radius 3 is 2.62 bits per heavy atom. The molecule has 0 aliphatic carbocycles. The van der Waals surface area contributed by atoms with Crippen LogP contribution in [0.1, 0.15) is 32.1 Å². The van der Waals surface area contributed by atoms with E-state index in [-0.39, 0.29) is 10.8 Å². The number of hydrogen-bond acceptors (Lipinski definition) is 6. The van der Waals surface area contributed by atoms with Gasteiger partial charge in [-0.2, -0.15) is 0 Å². The Kier molecular flexibility index (Phi) is 6.33. The number of ether oxygens (including phenoxy) is 2. The van der Waals surface area contributed by atoms with Gasteiger partial charge in [-0.15, -0.1) is 0 Å². The molecular weight excluding hydrogens is 432 g/mol. The van der Waals surface area contributed by atoms with Gasteiger partial charge in [0.2, 0.25) is 15.9 Å². The molecule has 4 rings (SSSR count). The zero-order chi connectivity index (χ0) is 22.7. The highest BCUT2D eigenvalue weighted by Crippen LogP contribution is 2.31. The minimum absolute atomic E-state index is 0.00671. The number of imidazole rings is 1. The van der Waals surface area contributed by atoms with Crippen molar-refractivity contribution < 1.29 is 22.7 Å². The third-order valence-corrected chi connectivity index (χ3v) is 6.54. The van der Waals surface area contributed by atoms with Crippen molar-refractivity contribution in [1.29, 1.82) is 0 Å². The molecule has 3 N–H and O–H groups in total. The fourth-order valence-electron chi connectivity index (χ4n) is 3.45. The van der Waals surface area contributed by atoms with Gasteiger partial charge in [0.05, 0.1) is 41.7 Å². The minimum Gasteiger partial charge on any atom is -0.490 e. The molecule has 0 fully saturated rings. The highest BCUT2D eigenvalue weighted by molar-refractivity contribution is 7.89. The average Bonchev–Trinajstić information content (AvgIpc) is 3.05. The summed E-state index contributed by atoms with van der Waals surface area (Å²) in [4.78, 5) is 20.4. The zero-order valence-corrected chi connectivity index (χ0v) is 18.7. The Hall–Kier alpha value is -3.11. The van der Waals surface area contributed by atoms with Crippen LogP contribution in [-0.2, 0) is 14.8 Å². The largest absolute Gasteiger partial charge is 0.490 e. The summed E-state index contributed by atoms with van der Waals surface area (Å²) in [5.41, 5.74) is 1.68. The third-order valence-electron chi connectivity index (χ3n) is 5.14. The topological polar surface area (TPSA) is 122 Å². The number of carbonyl (C=O) groups excluding carboxylic acids is 1. The molecule has 3 aromatic rings. The van der Waals surface area contributed by atoms with Crippen molar-refractivity contribution in [2.24, 2.45) is 5.92 Å². The van der Waals surface area contributed by atoms with E-state index in [1.54, 1.807) is 6.07 Å². The second-order valence-corrected chi connectivity index (χ2v) is 9.68. The summed E-state index contributed by atoms with van der Waals surface area (Å²) in [6.45, 7) is 4.48. The third kappa shape index (κ3) is 4.86. The van der Waals surface area contributed by atoms with Gasteiger partial charge < -0.3 is 19.8 Å². The molecule has 32 heavy (non-hydrogen) atoms. The van der Waals surface area contributed by atoms with Crippen molar-refractivity contribution in [3.8, 4) is 11.5 Å². The van der Waals surface area contributed by atoms with Crippen molar-refractivity contribution in [3.05, 3.63) is 48.3 Å². The Labute approximate surface area is 186 Å². The second kappa shape index (κ2) is 9.17. The first kappa shape index (κ1) is 22.1. The second-order valence-electron chi connectivity index (χ2n) is 7.91. The lowest BCUT2D eigenvalue weighted by Gasteiger charge is -2.20. The van der Waals surface area contributed by atoms with Crippen LogP contribution < -0.4 is 19.5 Å². The predicted octanol–water partition coefficient (Wildman–Crippen LogP) is 2.52. The minimum atomic E-state index is -3.91. The van der Waals surface area contributed by atoms with E-state index in [4.69, 9.17) is 9.47 Å². The number of benzene rings is 2. The van der Waals surface area contributed by atoms with Gasteiger partial charge in [0.25, 0.3) is 0 Å². The molecular formula is C22H26N4O5S. The molecule has 1 atom stereocenters. The number of sulfonamides is 1. The molecule has 0 saturated heterocycles. The molecule has 9 nitrogen and oxygen atoms in total. The molecule has 0 bridgehead atoms. The van der Waals surface area contributed by atoms with Crippen LogP contribution in [-0.4, -0.2) is 44.1 Å². The van der Waals surface area contributed by atoms with Gasteiger partial charge in [-0.3, -0.25) is 4.79 Å². The van der Waals surface area contributed by atoms with Crippen LogP contribution in [0, 0.1) is 5.92 Å². The highest BCUT2D eigenvalue weighted by atomic mass is 32.2. The SMILES string of the molecule is CC(C)C(NC(=O)CNS(=O)(=O)c1ccc2c(c1)OCCCO2)c1nc2ccccc2[nH]1. The van der Waals surface area contributed by atoms with Crippen LogP contribution in [0.25, 0.3) is 11.0 Å². The number of fused-ring (bicyclic) bond motifs is 2. The van der Waals surface area contributed by atoms with E-state index in [0.717, 1.165) is 17.5 Å². The fourth-order valence-corrected chi connectivity index (χ4v) is 4.45. The molecule has 1 aliphatic heterocycles. The monoisotopic (exact) mass is 458 g/mol. The number of carbonyl (C=O) groups is 1. The van der Waals surface area contributed by atoms with E-state index >= 15 is 0 Å². The van der Waals surface area contributed by atoms with Crippen molar-refractivity contribution >= 4 is 27.0 Å². The number of amides is 1. The molecule has 1 unspecified atom stereocenters. The van der Waals surface area contributed by atoms with Crippen LogP contribution in [0.3, 0.4) is 0 Å². The van der Waals surface area contributed by atoms with Crippen molar-refractivity contribution in [2.45, 2.75) is 31.2 Å². The number of para-hydroxylation sites is 2. The maximum Gasteiger partial charge on any atom is 0.241 e. The summed E-state index contributed by atoms with van der Waals surface area (Å²) in [7, 11) is -3.91. The summed E-state index contributed by atoms with van der Waals surface area (Å²) in [5, 5.41) is 2.87. The van der Waals surface area contributed by atoms with Crippen LogP contribution in [0.5, 0.6) is 11.5 Å². The first-order chi connectivity index (χ1) is 15.3. The molecule has 2 aromatic carbocycles. The first-order valence-electron chi connectivity index (χ1n) is 10.5. The van der Waals surface area contributed by atoms with Gasteiger partial charge in [-0.25, -0.2) is 18.1 Å². The normalized spacial score (nSPS) is 14.8.